The molecule has 9 nitrogen and oxygen atoms in total. The molecule has 0 saturated carbocycles. The average Bonchev–Trinajstić information content (AvgIpc) is 3.54. The van der Waals surface area contributed by atoms with Crippen molar-refractivity contribution in [2.45, 2.75) is 31.8 Å². The zero-order valence-electron chi connectivity index (χ0n) is 20.8. The molecule has 3 heterocycles. The lowest BCUT2D eigenvalue weighted by atomic mass is 9.88. The second kappa shape index (κ2) is 10.6. The monoisotopic (exact) mass is 493 g/mol. The molecule has 1 saturated heterocycles. The molecule has 36 heavy (non-hydrogen) atoms. The molecule has 0 aliphatic carbocycles. The lowest BCUT2D eigenvalue weighted by Gasteiger charge is -2.33. The van der Waals surface area contributed by atoms with Crippen molar-refractivity contribution in [3.63, 3.8) is 0 Å². The van der Waals surface area contributed by atoms with E-state index in [1.54, 1.807) is 21.1 Å². The number of benzene rings is 2. The first kappa shape index (κ1) is 24.1. The summed E-state index contributed by atoms with van der Waals surface area (Å²) in [6, 6.07) is 13.4. The lowest BCUT2D eigenvalue weighted by Crippen LogP contribution is -2.40. The Kier molecular flexibility index (Phi) is 7.11. The number of aromatic nitrogens is 2. The summed E-state index contributed by atoms with van der Waals surface area (Å²) in [6.07, 6.45) is 1.39. The first-order valence-electron chi connectivity index (χ1n) is 12.1. The van der Waals surface area contributed by atoms with Crippen LogP contribution in [0.5, 0.6) is 17.2 Å². The van der Waals surface area contributed by atoms with Crippen molar-refractivity contribution in [3.05, 3.63) is 53.9 Å². The highest BCUT2D eigenvalue weighted by Gasteiger charge is 2.25. The molecule has 1 N–H and O–H groups in total. The Morgan fingerprint density at radius 3 is 2.58 bits per heavy atom. The van der Waals surface area contributed by atoms with Crippen LogP contribution in [0.2, 0.25) is 0 Å². The number of hydrogen-bond acceptors (Lipinski definition) is 9. The van der Waals surface area contributed by atoms with E-state index >= 15 is 0 Å². The summed E-state index contributed by atoms with van der Waals surface area (Å²) in [5, 5.41) is 19.3. The fourth-order valence-corrected chi connectivity index (χ4v) is 4.78. The van der Waals surface area contributed by atoms with E-state index in [9.17, 15) is 5.11 Å². The number of fused-ring (bicyclic) bond motifs is 1. The number of nitrogens with zero attached hydrogens (tertiary/aromatic N) is 3. The number of rotatable bonds is 9. The van der Waals surface area contributed by atoms with Gasteiger partial charge in [-0.25, -0.2) is 0 Å². The zero-order valence-corrected chi connectivity index (χ0v) is 20.8. The number of piperidine rings is 1. The van der Waals surface area contributed by atoms with Crippen LogP contribution in [0, 0.1) is 6.92 Å². The van der Waals surface area contributed by atoms with E-state index in [4.69, 9.17) is 23.0 Å². The number of methoxy groups -OCH3 is 2. The number of aliphatic hydroxyl groups excluding tert-OH is 1. The van der Waals surface area contributed by atoms with Gasteiger partial charge in [0.1, 0.15) is 35.5 Å². The quantitative estimate of drug-likeness (QED) is 0.363. The highest BCUT2D eigenvalue weighted by molar-refractivity contribution is 5.87. The molecule has 2 aromatic heterocycles. The molecule has 0 bridgehead atoms. The molecule has 4 aromatic rings. The third-order valence-electron chi connectivity index (χ3n) is 6.63. The Balaban J connectivity index is 1.16. The summed E-state index contributed by atoms with van der Waals surface area (Å²) in [5.74, 6) is 4.01. The normalized spacial score (nSPS) is 15.8. The SMILES string of the molecule is COc1ccc(C2CCN(C[C@H](O)COc3cccc4oc(-c5nnc(C)o5)cc34)CC2)c(OC)c1. The molecule has 0 unspecified atom stereocenters. The molecule has 190 valence electrons. The van der Waals surface area contributed by atoms with E-state index in [2.05, 4.69) is 21.2 Å². The molecule has 1 atom stereocenters. The third kappa shape index (κ3) is 5.17. The van der Waals surface area contributed by atoms with E-state index in [1.807, 2.05) is 36.4 Å². The number of furan rings is 1. The molecule has 9 heteroatoms. The van der Waals surface area contributed by atoms with Gasteiger partial charge in [0.25, 0.3) is 5.89 Å². The zero-order chi connectivity index (χ0) is 25.1. The van der Waals surface area contributed by atoms with Crippen LogP contribution in [-0.4, -0.2) is 66.8 Å². The van der Waals surface area contributed by atoms with Crippen LogP contribution in [0.3, 0.4) is 0 Å². The molecular weight excluding hydrogens is 462 g/mol. The van der Waals surface area contributed by atoms with Gasteiger partial charge in [-0.2, -0.15) is 0 Å². The number of likely N-dealkylation sites (tertiary alicyclic amines) is 1. The second-order valence-corrected chi connectivity index (χ2v) is 9.05. The number of β-amino-alcohol motifs (C(OH)–C–C–N with tert-alkyl or cyclic N) is 1. The summed E-state index contributed by atoms with van der Waals surface area (Å²) in [7, 11) is 3.35. The number of ether oxygens (including phenoxy) is 3. The van der Waals surface area contributed by atoms with Gasteiger partial charge in [-0.3, -0.25) is 0 Å². The molecule has 0 spiro atoms. The number of aryl methyl sites for hydroxylation is 1. The van der Waals surface area contributed by atoms with Gasteiger partial charge in [-0.1, -0.05) is 12.1 Å². The maximum Gasteiger partial charge on any atom is 0.283 e. The topological polar surface area (TPSA) is 103 Å². The molecule has 1 aliphatic heterocycles. The van der Waals surface area contributed by atoms with Gasteiger partial charge in [-0.15, -0.1) is 10.2 Å². The third-order valence-corrected chi connectivity index (χ3v) is 6.63. The Morgan fingerprint density at radius 1 is 1.03 bits per heavy atom. The van der Waals surface area contributed by atoms with Crippen LogP contribution in [0.1, 0.15) is 30.2 Å². The molecule has 1 aliphatic rings. The van der Waals surface area contributed by atoms with Crippen molar-refractivity contribution < 1.29 is 28.2 Å². The summed E-state index contributed by atoms with van der Waals surface area (Å²) in [6.45, 7) is 4.28. The van der Waals surface area contributed by atoms with E-state index in [-0.39, 0.29) is 6.61 Å². The van der Waals surface area contributed by atoms with Crippen molar-refractivity contribution in [2.75, 3.05) is 40.5 Å². The number of aliphatic hydroxyl groups is 1. The molecule has 1 fully saturated rings. The van der Waals surface area contributed by atoms with Gasteiger partial charge in [0, 0.05) is 25.6 Å². The maximum absolute atomic E-state index is 10.7. The van der Waals surface area contributed by atoms with Crippen LogP contribution in [0.25, 0.3) is 22.6 Å². The Bertz CT molecular complexity index is 1310. The van der Waals surface area contributed by atoms with Crippen molar-refractivity contribution in [1.82, 2.24) is 15.1 Å². The van der Waals surface area contributed by atoms with Crippen molar-refractivity contribution in [3.8, 4) is 28.9 Å². The van der Waals surface area contributed by atoms with Gasteiger partial charge in [0.2, 0.25) is 5.89 Å². The molecule has 2 aromatic carbocycles. The van der Waals surface area contributed by atoms with E-state index in [0.717, 1.165) is 42.8 Å². The largest absolute Gasteiger partial charge is 0.497 e. The van der Waals surface area contributed by atoms with Crippen LogP contribution in [-0.2, 0) is 0 Å². The number of hydrogen-bond donors (Lipinski definition) is 1. The van der Waals surface area contributed by atoms with Gasteiger partial charge in [0.15, 0.2) is 5.76 Å². The highest BCUT2D eigenvalue weighted by atomic mass is 16.5. The highest BCUT2D eigenvalue weighted by Crippen LogP contribution is 2.36. The summed E-state index contributed by atoms with van der Waals surface area (Å²) >= 11 is 0. The predicted molar refractivity (Wildman–Crippen MR) is 134 cm³/mol. The minimum absolute atomic E-state index is 0.186. The van der Waals surface area contributed by atoms with Crippen LogP contribution in [0.4, 0.5) is 0 Å². The van der Waals surface area contributed by atoms with Crippen molar-refractivity contribution in [2.24, 2.45) is 0 Å². The first-order chi connectivity index (χ1) is 17.5. The van der Waals surface area contributed by atoms with Crippen LogP contribution >= 0.6 is 0 Å². The molecular formula is C27H31N3O6. The van der Waals surface area contributed by atoms with E-state index in [0.29, 0.717) is 41.3 Å². The van der Waals surface area contributed by atoms with E-state index in [1.165, 1.54) is 5.56 Å². The van der Waals surface area contributed by atoms with E-state index < -0.39 is 6.10 Å². The fourth-order valence-electron chi connectivity index (χ4n) is 4.78. The minimum atomic E-state index is -0.614. The maximum atomic E-state index is 10.7. The van der Waals surface area contributed by atoms with Crippen LogP contribution < -0.4 is 14.2 Å². The molecule has 0 amide bonds. The lowest BCUT2D eigenvalue weighted by molar-refractivity contribution is 0.0598. The summed E-state index contributed by atoms with van der Waals surface area (Å²) in [4.78, 5) is 2.29. The van der Waals surface area contributed by atoms with Gasteiger partial charge >= 0.3 is 0 Å². The first-order valence-corrected chi connectivity index (χ1v) is 12.1. The standard InChI is InChI=1S/C27H31N3O6/c1-17-28-29-27(35-17)26-14-22-23(5-4-6-24(22)36-26)34-16-19(31)15-30-11-9-18(10-12-30)21-8-7-20(32-2)13-25(21)33-3/h4-8,13-14,18-19,31H,9-12,15-16H2,1-3H3/t19-/m0/s1. The van der Waals surface area contributed by atoms with Crippen molar-refractivity contribution in [1.29, 1.82) is 0 Å². The minimum Gasteiger partial charge on any atom is -0.497 e. The molecule has 0 radical (unpaired) electrons. The summed E-state index contributed by atoms with van der Waals surface area (Å²) < 4.78 is 28.2. The van der Waals surface area contributed by atoms with Gasteiger partial charge in [0.05, 0.1) is 19.6 Å². The van der Waals surface area contributed by atoms with Crippen molar-refractivity contribution >= 4 is 11.0 Å². The predicted octanol–water partition coefficient (Wildman–Crippen LogP) is 4.43. The smallest absolute Gasteiger partial charge is 0.283 e. The second-order valence-electron chi connectivity index (χ2n) is 9.05. The average molecular weight is 494 g/mol. The Hall–Kier alpha value is -3.56. The Morgan fingerprint density at radius 2 is 1.86 bits per heavy atom. The van der Waals surface area contributed by atoms with Crippen LogP contribution in [0.15, 0.2) is 51.3 Å². The van der Waals surface area contributed by atoms with Gasteiger partial charge in [-0.05, 0) is 55.6 Å². The Labute approximate surface area is 209 Å². The fraction of sp³-hybridized carbons (Fsp3) is 0.407. The van der Waals surface area contributed by atoms with Gasteiger partial charge < -0.3 is 33.1 Å². The summed E-state index contributed by atoms with van der Waals surface area (Å²) in [5.41, 5.74) is 1.87. The molecule has 5 rings (SSSR count).